The van der Waals surface area contributed by atoms with E-state index in [9.17, 15) is 10.1 Å². The van der Waals surface area contributed by atoms with Gasteiger partial charge in [0.2, 0.25) is 5.91 Å². The van der Waals surface area contributed by atoms with Gasteiger partial charge in [0.1, 0.15) is 27.5 Å². The van der Waals surface area contributed by atoms with Gasteiger partial charge in [-0.2, -0.15) is 5.26 Å². The summed E-state index contributed by atoms with van der Waals surface area (Å²) in [4.78, 5) is 16.1. The topological polar surface area (TPSA) is 78.9 Å². The monoisotopic (exact) mass is 349 g/mol. The van der Waals surface area contributed by atoms with Crippen LogP contribution >= 0.6 is 11.3 Å². The second kappa shape index (κ2) is 7.16. The lowest BCUT2D eigenvalue weighted by Gasteiger charge is -2.03. The van der Waals surface area contributed by atoms with Crippen molar-refractivity contribution in [3.63, 3.8) is 0 Å². The molecular formula is C19H15N3O2S. The molecule has 3 aromatic rings. The van der Waals surface area contributed by atoms with Crippen molar-refractivity contribution in [3.05, 3.63) is 59.0 Å². The molecule has 2 heterocycles. The highest BCUT2D eigenvalue weighted by Crippen LogP contribution is 2.36. The van der Waals surface area contributed by atoms with Gasteiger partial charge in [-0.15, -0.1) is 0 Å². The fraction of sp³-hybridized carbons (Fsp3) is 0.105. The van der Waals surface area contributed by atoms with Crippen LogP contribution in [0, 0.1) is 18.3 Å². The summed E-state index contributed by atoms with van der Waals surface area (Å²) in [6.45, 7) is 3.45. The molecule has 0 fully saturated rings. The SMILES string of the molecule is CC(=O)Nc1sc(/C(C#N)=C\c2ccco2)nc1-c1ccc(C)cc1. The van der Waals surface area contributed by atoms with E-state index in [-0.39, 0.29) is 5.91 Å². The zero-order valence-corrected chi connectivity index (χ0v) is 14.6. The van der Waals surface area contributed by atoms with E-state index < -0.39 is 0 Å². The average molecular weight is 349 g/mol. The Hall–Kier alpha value is -3.17. The standard InChI is InChI=1S/C19H15N3O2S/c1-12-5-7-14(8-6-12)17-19(21-13(2)23)25-18(22-17)15(11-20)10-16-4-3-9-24-16/h3-10H,1-2H3,(H,21,23)/b15-10-. The molecule has 2 aromatic heterocycles. The maximum atomic E-state index is 11.5. The number of nitrogens with zero attached hydrogens (tertiary/aromatic N) is 2. The summed E-state index contributed by atoms with van der Waals surface area (Å²) in [6.07, 6.45) is 3.18. The molecule has 25 heavy (non-hydrogen) atoms. The van der Waals surface area contributed by atoms with Gasteiger partial charge in [0.05, 0.1) is 11.8 Å². The minimum absolute atomic E-state index is 0.183. The van der Waals surface area contributed by atoms with Crippen molar-refractivity contribution < 1.29 is 9.21 Å². The lowest BCUT2D eigenvalue weighted by atomic mass is 10.1. The number of aromatic nitrogens is 1. The first kappa shape index (κ1) is 16.7. The Balaban J connectivity index is 2.08. The number of hydrogen-bond donors (Lipinski definition) is 1. The highest BCUT2D eigenvalue weighted by molar-refractivity contribution is 7.17. The van der Waals surface area contributed by atoms with Gasteiger partial charge in [-0.25, -0.2) is 4.98 Å². The van der Waals surface area contributed by atoms with Crippen molar-refractivity contribution in [1.82, 2.24) is 4.98 Å². The predicted molar refractivity (Wildman–Crippen MR) is 98.8 cm³/mol. The van der Waals surface area contributed by atoms with Gasteiger partial charge in [0.25, 0.3) is 0 Å². The molecule has 5 nitrogen and oxygen atoms in total. The lowest BCUT2D eigenvalue weighted by Crippen LogP contribution is -2.05. The van der Waals surface area contributed by atoms with E-state index in [1.807, 2.05) is 31.2 Å². The van der Waals surface area contributed by atoms with E-state index in [0.717, 1.165) is 11.1 Å². The fourth-order valence-electron chi connectivity index (χ4n) is 2.24. The van der Waals surface area contributed by atoms with Crippen LogP contribution in [0.4, 0.5) is 5.00 Å². The van der Waals surface area contributed by atoms with Crippen molar-refractivity contribution >= 4 is 33.9 Å². The average Bonchev–Trinajstić information content (AvgIpc) is 3.23. The molecule has 0 saturated carbocycles. The van der Waals surface area contributed by atoms with Crippen LogP contribution in [0.3, 0.4) is 0 Å². The van der Waals surface area contributed by atoms with E-state index in [1.54, 1.807) is 24.5 Å². The second-order valence-electron chi connectivity index (χ2n) is 5.43. The van der Waals surface area contributed by atoms with Gasteiger partial charge >= 0.3 is 0 Å². The first-order valence-electron chi connectivity index (χ1n) is 7.58. The number of benzene rings is 1. The minimum atomic E-state index is -0.183. The molecule has 0 aliphatic carbocycles. The molecule has 3 rings (SSSR count). The van der Waals surface area contributed by atoms with Crippen molar-refractivity contribution in [1.29, 1.82) is 5.26 Å². The summed E-state index contributed by atoms with van der Waals surface area (Å²) in [7, 11) is 0. The summed E-state index contributed by atoms with van der Waals surface area (Å²) in [5, 5.41) is 13.4. The van der Waals surface area contributed by atoms with E-state index >= 15 is 0 Å². The molecule has 0 saturated heterocycles. The zero-order chi connectivity index (χ0) is 17.8. The Morgan fingerprint density at radius 1 is 1.32 bits per heavy atom. The Bertz CT molecular complexity index is 961. The molecule has 0 bridgehead atoms. The molecule has 1 N–H and O–H groups in total. The third-order valence-electron chi connectivity index (χ3n) is 3.42. The molecule has 0 atom stereocenters. The highest BCUT2D eigenvalue weighted by atomic mass is 32.1. The van der Waals surface area contributed by atoms with Crippen LogP contribution in [0.2, 0.25) is 0 Å². The van der Waals surface area contributed by atoms with Gasteiger partial charge in [0, 0.05) is 18.6 Å². The molecule has 6 heteroatoms. The van der Waals surface area contributed by atoms with Gasteiger partial charge < -0.3 is 9.73 Å². The predicted octanol–water partition coefficient (Wildman–Crippen LogP) is 4.73. The molecule has 0 radical (unpaired) electrons. The minimum Gasteiger partial charge on any atom is -0.465 e. The Kier molecular flexibility index (Phi) is 4.78. The number of anilines is 1. The van der Waals surface area contributed by atoms with Crippen LogP contribution in [0.25, 0.3) is 22.9 Å². The van der Waals surface area contributed by atoms with Crippen molar-refractivity contribution in [3.8, 4) is 17.3 Å². The number of nitrogens with one attached hydrogen (secondary N) is 1. The van der Waals surface area contributed by atoms with Gasteiger partial charge in [-0.3, -0.25) is 4.79 Å². The Labute approximate surface area is 149 Å². The largest absolute Gasteiger partial charge is 0.465 e. The number of amides is 1. The number of hydrogen-bond acceptors (Lipinski definition) is 5. The summed E-state index contributed by atoms with van der Waals surface area (Å²) < 4.78 is 5.27. The highest BCUT2D eigenvalue weighted by Gasteiger charge is 2.17. The van der Waals surface area contributed by atoms with E-state index in [4.69, 9.17) is 4.42 Å². The van der Waals surface area contributed by atoms with Crippen LogP contribution < -0.4 is 5.32 Å². The molecule has 1 aromatic carbocycles. The van der Waals surface area contributed by atoms with Crippen LogP contribution in [-0.2, 0) is 4.79 Å². The van der Waals surface area contributed by atoms with Gasteiger partial charge in [0.15, 0.2) is 0 Å². The maximum Gasteiger partial charge on any atom is 0.221 e. The van der Waals surface area contributed by atoms with Gasteiger partial charge in [-0.1, -0.05) is 41.2 Å². The molecule has 124 valence electrons. The van der Waals surface area contributed by atoms with E-state index in [1.165, 1.54) is 18.3 Å². The molecule has 0 aliphatic heterocycles. The summed E-state index contributed by atoms with van der Waals surface area (Å²) in [5.74, 6) is 0.391. The second-order valence-corrected chi connectivity index (χ2v) is 6.43. The first-order chi connectivity index (χ1) is 12.1. The number of thiazole rings is 1. The third-order valence-corrected chi connectivity index (χ3v) is 4.43. The fourth-order valence-corrected chi connectivity index (χ4v) is 3.24. The number of carbonyl (C=O) groups excluding carboxylic acids is 1. The number of nitriles is 1. The van der Waals surface area contributed by atoms with Crippen LogP contribution in [0.1, 0.15) is 23.3 Å². The van der Waals surface area contributed by atoms with Crippen LogP contribution in [0.5, 0.6) is 0 Å². The smallest absolute Gasteiger partial charge is 0.221 e. The number of carbonyl (C=O) groups is 1. The maximum absolute atomic E-state index is 11.5. The molecular weight excluding hydrogens is 334 g/mol. The molecule has 0 unspecified atom stereocenters. The quantitative estimate of drug-likeness (QED) is 0.690. The molecule has 1 amide bonds. The summed E-state index contributed by atoms with van der Waals surface area (Å²) in [5.41, 5.74) is 3.04. The Morgan fingerprint density at radius 2 is 2.08 bits per heavy atom. The molecule has 0 aliphatic rings. The number of rotatable bonds is 4. The van der Waals surface area contributed by atoms with Crippen molar-refractivity contribution in [2.45, 2.75) is 13.8 Å². The number of allylic oxidation sites excluding steroid dienone is 1. The van der Waals surface area contributed by atoms with Crippen molar-refractivity contribution in [2.75, 3.05) is 5.32 Å². The van der Waals surface area contributed by atoms with Crippen LogP contribution in [-0.4, -0.2) is 10.9 Å². The lowest BCUT2D eigenvalue weighted by molar-refractivity contribution is -0.114. The summed E-state index contributed by atoms with van der Waals surface area (Å²) in [6, 6.07) is 13.5. The van der Waals surface area contributed by atoms with Crippen molar-refractivity contribution in [2.24, 2.45) is 0 Å². The third kappa shape index (κ3) is 3.84. The molecule has 0 spiro atoms. The number of furan rings is 1. The van der Waals surface area contributed by atoms with Gasteiger partial charge in [-0.05, 0) is 19.1 Å². The van der Waals surface area contributed by atoms with E-state index in [2.05, 4.69) is 16.4 Å². The Morgan fingerprint density at radius 3 is 2.68 bits per heavy atom. The first-order valence-corrected chi connectivity index (χ1v) is 8.39. The summed E-state index contributed by atoms with van der Waals surface area (Å²) >= 11 is 1.27. The number of aryl methyl sites for hydroxylation is 1. The van der Waals surface area contributed by atoms with E-state index in [0.29, 0.717) is 27.0 Å². The normalized spacial score (nSPS) is 11.2. The zero-order valence-electron chi connectivity index (χ0n) is 13.7. The van der Waals surface area contributed by atoms with Crippen LogP contribution in [0.15, 0.2) is 47.1 Å².